The molecule has 3 unspecified atom stereocenters. The van der Waals surface area contributed by atoms with Crippen molar-refractivity contribution in [3.8, 4) is 0 Å². The molecule has 0 aromatic carbocycles. The highest BCUT2D eigenvalue weighted by Gasteiger charge is 2.77. The van der Waals surface area contributed by atoms with E-state index >= 15 is 0 Å². The predicted molar refractivity (Wildman–Crippen MR) is 153 cm³/mol. The van der Waals surface area contributed by atoms with Crippen LogP contribution in [-0.4, -0.2) is 81.1 Å². The highest BCUT2D eigenvalue weighted by atomic mass is 32.2. The van der Waals surface area contributed by atoms with Gasteiger partial charge in [0.05, 0.1) is 35.8 Å². The molecule has 38 heavy (non-hydrogen) atoms. The number of ether oxygens (including phenoxy) is 1. The maximum Gasteiger partial charge on any atom is 0.310 e. The number of likely N-dealkylation sites (tertiary alicyclic amines) is 1. The van der Waals surface area contributed by atoms with E-state index in [4.69, 9.17) is 4.74 Å². The lowest BCUT2D eigenvalue weighted by molar-refractivity contribution is -0.155. The minimum absolute atomic E-state index is 0.0448. The van der Waals surface area contributed by atoms with Crippen LogP contribution in [0.1, 0.15) is 72.6 Å². The lowest BCUT2D eigenvalue weighted by atomic mass is 9.66. The monoisotopic (exact) mass is 548 g/mol. The van der Waals surface area contributed by atoms with Crippen molar-refractivity contribution in [2.24, 2.45) is 23.7 Å². The van der Waals surface area contributed by atoms with E-state index in [1.807, 2.05) is 24.8 Å². The Morgan fingerprint density at radius 2 is 1.97 bits per heavy atom. The highest BCUT2D eigenvalue weighted by Crippen LogP contribution is 2.69. The molecule has 3 rings (SSSR count). The van der Waals surface area contributed by atoms with Gasteiger partial charge >= 0.3 is 5.97 Å². The van der Waals surface area contributed by atoms with E-state index in [-0.39, 0.29) is 41.5 Å². The molecule has 0 aliphatic carbocycles. The zero-order valence-electron chi connectivity index (χ0n) is 23.8. The molecule has 2 bridgehead atoms. The van der Waals surface area contributed by atoms with Crippen LogP contribution in [0.2, 0.25) is 0 Å². The van der Waals surface area contributed by atoms with Crippen molar-refractivity contribution >= 4 is 29.5 Å². The summed E-state index contributed by atoms with van der Waals surface area (Å²) in [5, 5.41) is 10.4. The Bertz CT molecular complexity index is 879. The first-order valence-electron chi connectivity index (χ1n) is 14.5. The van der Waals surface area contributed by atoms with Crippen molar-refractivity contribution in [3.63, 3.8) is 0 Å². The summed E-state index contributed by atoms with van der Waals surface area (Å²) in [6.07, 6.45) is 9.83. The number of aliphatic hydroxyl groups is 1. The Balaban J connectivity index is 1.99. The van der Waals surface area contributed by atoms with Gasteiger partial charge in [0.2, 0.25) is 11.8 Å². The summed E-state index contributed by atoms with van der Waals surface area (Å²) in [6, 6.07) is -1.23. The number of carbonyl (C=O) groups excluding carboxylic acids is 3. The first-order valence-corrected chi connectivity index (χ1v) is 15.4. The smallest absolute Gasteiger partial charge is 0.310 e. The molecule has 0 aromatic heterocycles. The maximum atomic E-state index is 14.4. The van der Waals surface area contributed by atoms with Crippen molar-refractivity contribution < 1.29 is 24.2 Å². The molecule has 7 nitrogen and oxygen atoms in total. The molecule has 3 heterocycles. The van der Waals surface area contributed by atoms with Crippen LogP contribution in [0.4, 0.5) is 0 Å². The molecular formula is C30H48N2O5S. The molecule has 1 spiro atoms. The zero-order valence-corrected chi connectivity index (χ0v) is 24.6. The van der Waals surface area contributed by atoms with Crippen molar-refractivity contribution in [2.75, 3.05) is 26.3 Å². The third-order valence-corrected chi connectivity index (χ3v) is 10.8. The third kappa shape index (κ3) is 5.58. The average Bonchev–Trinajstić information content (AvgIpc) is 3.47. The number of carbonyl (C=O) groups is 3. The van der Waals surface area contributed by atoms with E-state index in [1.54, 1.807) is 22.7 Å². The fourth-order valence-corrected chi connectivity index (χ4v) is 9.21. The molecule has 3 aliphatic rings. The topological polar surface area (TPSA) is 87.2 Å². The van der Waals surface area contributed by atoms with E-state index in [0.29, 0.717) is 19.7 Å². The van der Waals surface area contributed by atoms with Crippen LogP contribution in [0.25, 0.3) is 0 Å². The molecule has 8 heteroatoms. The summed E-state index contributed by atoms with van der Waals surface area (Å²) >= 11 is 1.66. The quantitative estimate of drug-likeness (QED) is 0.174. The predicted octanol–water partition coefficient (Wildman–Crippen LogP) is 4.44. The first-order chi connectivity index (χ1) is 18.2. The van der Waals surface area contributed by atoms with Crippen molar-refractivity contribution in [1.29, 1.82) is 0 Å². The summed E-state index contributed by atoms with van der Waals surface area (Å²) in [5.41, 5.74) is 0. The largest absolute Gasteiger partial charge is 0.465 e. The number of allylic oxidation sites excluding steroid dienone is 1. The summed E-state index contributed by atoms with van der Waals surface area (Å²) < 4.78 is 5.00. The lowest BCUT2D eigenvalue weighted by Crippen LogP contribution is -2.60. The van der Waals surface area contributed by atoms with Crippen LogP contribution in [0.5, 0.6) is 0 Å². The minimum Gasteiger partial charge on any atom is -0.465 e. The van der Waals surface area contributed by atoms with Crippen LogP contribution in [0, 0.1) is 23.7 Å². The Morgan fingerprint density at radius 3 is 2.58 bits per heavy atom. The van der Waals surface area contributed by atoms with Crippen molar-refractivity contribution in [2.45, 2.75) is 94.7 Å². The van der Waals surface area contributed by atoms with Gasteiger partial charge in [0.15, 0.2) is 0 Å². The van der Waals surface area contributed by atoms with Gasteiger partial charge in [-0.15, -0.1) is 24.9 Å². The van der Waals surface area contributed by atoms with Gasteiger partial charge in [-0.25, -0.2) is 0 Å². The number of unbranched alkanes of at least 4 members (excludes halogenated alkanes) is 4. The number of rotatable bonds is 16. The van der Waals surface area contributed by atoms with E-state index in [9.17, 15) is 19.5 Å². The summed E-state index contributed by atoms with van der Waals surface area (Å²) in [7, 11) is 0. The highest BCUT2D eigenvalue weighted by molar-refractivity contribution is 8.02. The molecule has 3 saturated heterocycles. The SMILES string of the molecule is C=CCCCCOC(=O)[C@@H]1[C@@H]2CC(C)C3(S2)C(C(=O)N(CC=C)CCCCC)N([C@@H](CO)C(C)C)C(=O)[C@H]13. The van der Waals surface area contributed by atoms with Crippen LogP contribution >= 0.6 is 11.8 Å². The maximum absolute atomic E-state index is 14.4. The number of aliphatic hydroxyl groups excluding tert-OH is 1. The van der Waals surface area contributed by atoms with E-state index < -0.39 is 28.7 Å². The van der Waals surface area contributed by atoms with E-state index in [0.717, 1.165) is 44.9 Å². The Morgan fingerprint density at radius 1 is 1.24 bits per heavy atom. The standard InChI is InChI=1S/C30H48N2O5S/c1-7-10-12-14-17-37-29(36)24-23-18-21(6)30(38-23)25(24)27(34)32(22(19-33)20(4)5)26(30)28(35)31(15-9-3)16-13-11-8-2/h7,9,20-26,33H,1,3,8,10-19H2,2,4-6H3/t21?,22-,23-,24+,25-,26?,30?/m0/s1. The van der Waals surface area contributed by atoms with Gasteiger partial charge in [0.1, 0.15) is 6.04 Å². The number of esters is 1. The van der Waals surface area contributed by atoms with E-state index in [2.05, 4.69) is 27.0 Å². The number of amides is 2. The Kier molecular flexibility index (Phi) is 10.9. The molecule has 1 N–H and O–H groups in total. The first kappa shape index (κ1) is 30.7. The van der Waals surface area contributed by atoms with Gasteiger partial charge in [0, 0.05) is 18.3 Å². The molecule has 2 amide bonds. The van der Waals surface area contributed by atoms with Gasteiger partial charge in [-0.3, -0.25) is 14.4 Å². The number of fused-ring (bicyclic) bond motifs is 1. The molecule has 0 radical (unpaired) electrons. The number of hydrogen-bond acceptors (Lipinski definition) is 6. The second kappa shape index (κ2) is 13.5. The Labute approximate surface area is 233 Å². The lowest BCUT2D eigenvalue weighted by Gasteiger charge is -2.42. The molecule has 3 fully saturated rings. The van der Waals surface area contributed by atoms with Gasteiger partial charge < -0.3 is 19.6 Å². The van der Waals surface area contributed by atoms with Crippen LogP contribution in [0.15, 0.2) is 25.3 Å². The van der Waals surface area contributed by atoms with Crippen LogP contribution < -0.4 is 0 Å². The third-order valence-electron chi connectivity index (χ3n) is 8.74. The number of thioether (sulfide) groups is 1. The fraction of sp³-hybridized carbons (Fsp3) is 0.767. The van der Waals surface area contributed by atoms with Crippen molar-refractivity contribution in [3.05, 3.63) is 25.3 Å². The average molecular weight is 549 g/mol. The normalized spacial score (nSPS) is 30.4. The molecule has 214 valence electrons. The fourth-order valence-electron chi connectivity index (χ4n) is 6.82. The molecular weight excluding hydrogens is 500 g/mol. The number of hydrogen-bond donors (Lipinski definition) is 1. The van der Waals surface area contributed by atoms with Gasteiger partial charge in [-0.2, -0.15) is 0 Å². The molecule has 0 saturated carbocycles. The van der Waals surface area contributed by atoms with Crippen molar-refractivity contribution in [1.82, 2.24) is 9.80 Å². The summed E-state index contributed by atoms with van der Waals surface area (Å²) in [4.78, 5) is 45.6. The van der Waals surface area contributed by atoms with Crippen LogP contribution in [0.3, 0.4) is 0 Å². The summed E-state index contributed by atoms with van der Waals surface area (Å²) in [6.45, 7) is 16.9. The minimum atomic E-state index is -0.725. The second-order valence-electron chi connectivity index (χ2n) is 11.5. The van der Waals surface area contributed by atoms with Gasteiger partial charge in [0.25, 0.3) is 0 Å². The second-order valence-corrected chi connectivity index (χ2v) is 13.1. The molecule has 3 aliphatic heterocycles. The number of nitrogens with zero attached hydrogens (tertiary/aromatic N) is 2. The van der Waals surface area contributed by atoms with Crippen LogP contribution in [-0.2, 0) is 19.1 Å². The molecule has 0 aromatic rings. The van der Waals surface area contributed by atoms with Gasteiger partial charge in [-0.1, -0.05) is 52.7 Å². The zero-order chi connectivity index (χ0) is 28.0. The van der Waals surface area contributed by atoms with Gasteiger partial charge in [-0.05, 0) is 43.9 Å². The molecule has 7 atom stereocenters. The summed E-state index contributed by atoms with van der Waals surface area (Å²) in [5.74, 6) is -1.75. The van der Waals surface area contributed by atoms with E-state index in [1.165, 1.54) is 0 Å². The Hall–Kier alpha value is -1.80.